The number of anilines is 1. The third-order valence-electron chi connectivity index (χ3n) is 3.62. The van der Waals surface area contributed by atoms with Gasteiger partial charge in [0.05, 0.1) is 0 Å². The van der Waals surface area contributed by atoms with Crippen LogP contribution in [-0.2, 0) is 11.2 Å². The Kier molecular flexibility index (Phi) is 5.90. The maximum Gasteiger partial charge on any atom is 0.253 e. The molecule has 1 N–H and O–H groups in total. The van der Waals surface area contributed by atoms with Gasteiger partial charge in [-0.2, -0.15) is 0 Å². The zero-order chi connectivity index (χ0) is 17.5. The van der Waals surface area contributed by atoms with Crippen molar-refractivity contribution in [2.24, 2.45) is 0 Å². The van der Waals surface area contributed by atoms with Gasteiger partial charge in [-0.05, 0) is 47.9 Å². The van der Waals surface area contributed by atoms with Gasteiger partial charge < -0.3 is 10.2 Å². The highest BCUT2D eigenvalue weighted by Gasteiger charge is 2.06. The quantitative estimate of drug-likeness (QED) is 0.855. The van der Waals surface area contributed by atoms with E-state index in [1.165, 1.54) is 16.5 Å². The highest BCUT2D eigenvalue weighted by atomic mass is 16.2. The standard InChI is InChI=1S/C20H22N2O2/c1-4-15-7-12-18(13-8-15)21-19(23)14-9-16-5-10-17(11-6-16)20(24)22(2)3/h5-14H,4H2,1-3H3,(H,21,23)/b14-9+. The van der Waals surface area contributed by atoms with E-state index >= 15 is 0 Å². The first-order chi connectivity index (χ1) is 11.5. The van der Waals surface area contributed by atoms with Crippen molar-refractivity contribution in [3.05, 3.63) is 71.3 Å². The van der Waals surface area contributed by atoms with Crippen molar-refractivity contribution in [2.75, 3.05) is 19.4 Å². The lowest BCUT2D eigenvalue weighted by Crippen LogP contribution is -2.21. The number of benzene rings is 2. The SMILES string of the molecule is CCc1ccc(NC(=O)/C=C/c2ccc(C(=O)N(C)C)cc2)cc1. The van der Waals surface area contributed by atoms with E-state index in [1.54, 1.807) is 32.3 Å². The van der Waals surface area contributed by atoms with Crippen molar-refractivity contribution in [2.45, 2.75) is 13.3 Å². The second-order valence-corrected chi connectivity index (χ2v) is 5.69. The molecule has 0 fully saturated rings. The highest BCUT2D eigenvalue weighted by molar-refractivity contribution is 6.02. The van der Waals surface area contributed by atoms with Gasteiger partial charge in [-0.15, -0.1) is 0 Å². The number of hydrogen-bond donors (Lipinski definition) is 1. The van der Waals surface area contributed by atoms with Gasteiger partial charge in [0.25, 0.3) is 5.91 Å². The van der Waals surface area contributed by atoms with Gasteiger partial charge in [-0.1, -0.05) is 31.2 Å². The van der Waals surface area contributed by atoms with Gasteiger partial charge in [0.2, 0.25) is 5.91 Å². The molecule has 0 radical (unpaired) electrons. The van der Waals surface area contributed by atoms with Crippen LogP contribution in [0.25, 0.3) is 6.08 Å². The van der Waals surface area contributed by atoms with Crippen LogP contribution in [0.1, 0.15) is 28.4 Å². The Labute approximate surface area is 142 Å². The molecule has 0 spiro atoms. The van der Waals surface area contributed by atoms with Crippen molar-refractivity contribution in [1.82, 2.24) is 4.90 Å². The molecule has 124 valence electrons. The van der Waals surface area contributed by atoms with Gasteiger partial charge in [0.15, 0.2) is 0 Å². The molecule has 2 rings (SSSR count). The average molecular weight is 322 g/mol. The zero-order valence-electron chi connectivity index (χ0n) is 14.2. The second-order valence-electron chi connectivity index (χ2n) is 5.69. The van der Waals surface area contributed by atoms with Crippen LogP contribution in [-0.4, -0.2) is 30.8 Å². The summed E-state index contributed by atoms with van der Waals surface area (Å²) in [4.78, 5) is 25.3. The molecular weight excluding hydrogens is 300 g/mol. The summed E-state index contributed by atoms with van der Waals surface area (Å²) >= 11 is 0. The molecule has 0 bridgehead atoms. The second kappa shape index (κ2) is 8.11. The molecule has 0 saturated carbocycles. The summed E-state index contributed by atoms with van der Waals surface area (Å²) in [7, 11) is 3.43. The summed E-state index contributed by atoms with van der Waals surface area (Å²) in [6, 6.07) is 14.9. The summed E-state index contributed by atoms with van der Waals surface area (Å²) < 4.78 is 0. The fourth-order valence-corrected chi connectivity index (χ4v) is 2.17. The van der Waals surface area contributed by atoms with Crippen LogP contribution in [0.4, 0.5) is 5.69 Å². The highest BCUT2D eigenvalue weighted by Crippen LogP contribution is 2.11. The molecule has 0 aromatic heterocycles. The Morgan fingerprint density at radius 3 is 2.17 bits per heavy atom. The van der Waals surface area contributed by atoms with Crippen molar-refractivity contribution in [3.63, 3.8) is 0 Å². The summed E-state index contributed by atoms with van der Waals surface area (Å²) in [5.41, 5.74) is 3.49. The number of aryl methyl sites for hydroxylation is 1. The molecule has 0 aliphatic heterocycles. The monoisotopic (exact) mass is 322 g/mol. The summed E-state index contributed by atoms with van der Waals surface area (Å²) in [6.07, 6.45) is 4.18. The maximum atomic E-state index is 11.9. The maximum absolute atomic E-state index is 11.9. The normalized spacial score (nSPS) is 10.6. The predicted molar refractivity (Wildman–Crippen MR) is 97.9 cm³/mol. The molecule has 2 aromatic carbocycles. The van der Waals surface area contributed by atoms with Gasteiger partial charge in [-0.25, -0.2) is 0 Å². The largest absolute Gasteiger partial charge is 0.345 e. The molecule has 0 aliphatic rings. The van der Waals surface area contributed by atoms with Crippen molar-refractivity contribution < 1.29 is 9.59 Å². The zero-order valence-corrected chi connectivity index (χ0v) is 14.2. The lowest BCUT2D eigenvalue weighted by atomic mass is 10.1. The predicted octanol–water partition coefficient (Wildman–Crippen LogP) is 3.60. The van der Waals surface area contributed by atoms with Crippen molar-refractivity contribution >= 4 is 23.6 Å². The summed E-state index contributed by atoms with van der Waals surface area (Å²) in [6.45, 7) is 2.09. The molecule has 0 unspecified atom stereocenters. The lowest BCUT2D eigenvalue weighted by molar-refractivity contribution is -0.111. The number of hydrogen-bond acceptors (Lipinski definition) is 2. The van der Waals surface area contributed by atoms with E-state index in [1.807, 2.05) is 36.4 Å². The molecule has 0 atom stereocenters. The van der Waals surface area contributed by atoms with Crippen LogP contribution in [0.3, 0.4) is 0 Å². The van der Waals surface area contributed by atoms with Crippen LogP contribution >= 0.6 is 0 Å². The third kappa shape index (κ3) is 4.81. The van der Waals surface area contributed by atoms with E-state index in [0.29, 0.717) is 5.56 Å². The van der Waals surface area contributed by atoms with Crippen LogP contribution in [0.15, 0.2) is 54.6 Å². The summed E-state index contributed by atoms with van der Waals surface area (Å²) in [5, 5.41) is 2.82. The minimum atomic E-state index is -0.187. The molecule has 0 aliphatic carbocycles. The van der Waals surface area contributed by atoms with Crippen molar-refractivity contribution in [1.29, 1.82) is 0 Å². The van der Waals surface area contributed by atoms with Crippen LogP contribution < -0.4 is 5.32 Å². The van der Waals surface area contributed by atoms with E-state index < -0.39 is 0 Å². The molecule has 4 nitrogen and oxygen atoms in total. The van der Waals surface area contributed by atoms with Crippen LogP contribution in [0.2, 0.25) is 0 Å². The smallest absolute Gasteiger partial charge is 0.253 e. The van der Waals surface area contributed by atoms with E-state index in [0.717, 1.165) is 17.7 Å². The molecular formula is C20H22N2O2. The Morgan fingerprint density at radius 1 is 1.00 bits per heavy atom. The van der Waals surface area contributed by atoms with Gasteiger partial charge in [0, 0.05) is 31.4 Å². The third-order valence-corrected chi connectivity index (χ3v) is 3.62. The fourth-order valence-electron chi connectivity index (χ4n) is 2.17. The minimum Gasteiger partial charge on any atom is -0.345 e. The van der Waals surface area contributed by atoms with Crippen LogP contribution in [0.5, 0.6) is 0 Å². The average Bonchev–Trinajstić information content (AvgIpc) is 2.60. The number of amides is 2. The van der Waals surface area contributed by atoms with E-state index in [2.05, 4.69) is 12.2 Å². The van der Waals surface area contributed by atoms with E-state index in [4.69, 9.17) is 0 Å². The molecule has 0 saturated heterocycles. The Balaban J connectivity index is 1.96. The molecule has 2 amide bonds. The number of rotatable bonds is 5. The fraction of sp³-hybridized carbons (Fsp3) is 0.200. The Bertz CT molecular complexity index is 729. The van der Waals surface area contributed by atoms with Gasteiger partial charge in [0.1, 0.15) is 0 Å². The lowest BCUT2D eigenvalue weighted by Gasteiger charge is -2.09. The Morgan fingerprint density at radius 2 is 1.62 bits per heavy atom. The number of carbonyl (C=O) groups is 2. The minimum absolute atomic E-state index is 0.0428. The Hall–Kier alpha value is -2.88. The first-order valence-corrected chi connectivity index (χ1v) is 7.89. The first kappa shape index (κ1) is 17.5. The first-order valence-electron chi connectivity index (χ1n) is 7.89. The molecule has 24 heavy (non-hydrogen) atoms. The van der Waals surface area contributed by atoms with Gasteiger partial charge in [-0.3, -0.25) is 9.59 Å². The molecule has 0 heterocycles. The van der Waals surface area contributed by atoms with E-state index in [-0.39, 0.29) is 11.8 Å². The van der Waals surface area contributed by atoms with Crippen molar-refractivity contribution in [3.8, 4) is 0 Å². The molecule has 2 aromatic rings. The number of nitrogens with one attached hydrogen (secondary N) is 1. The van der Waals surface area contributed by atoms with E-state index in [9.17, 15) is 9.59 Å². The van der Waals surface area contributed by atoms with Crippen LogP contribution in [0, 0.1) is 0 Å². The molecule has 4 heteroatoms. The van der Waals surface area contributed by atoms with Gasteiger partial charge >= 0.3 is 0 Å². The summed E-state index contributed by atoms with van der Waals surface area (Å²) in [5.74, 6) is -0.230. The topological polar surface area (TPSA) is 49.4 Å². The number of nitrogens with zero attached hydrogens (tertiary/aromatic N) is 1. The number of carbonyl (C=O) groups excluding carboxylic acids is 2.